The lowest BCUT2D eigenvalue weighted by molar-refractivity contribution is -0.386. The highest BCUT2D eigenvalue weighted by molar-refractivity contribution is 7.89. The van der Waals surface area contributed by atoms with Crippen LogP contribution in [0.2, 0.25) is 0 Å². The maximum atomic E-state index is 13.1. The third kappa shape index (κ3) is 4.39. The molecule has 182 valence electrons. The summed E-state index contributed by atoms with van der Waals surface area (Å²) in [7, 11) is -8.82. The molecule has 1 aliphatic rings. The van der Waals surface area contributed by atoms with E-state index in [0.717, 1.165) is 12.1 Å². The van der Waals surface area contributed by atoms with Gasteiger partial charge in [0, 0.05) is 36.3 Å². The highest BCUT2D eigenvalue weighted by atomic mass is 32.2. The number of carbonyl (C=O) groups is 1. The van der Waals surface area contributed by atoms with E-state index in [4.69, 9.17) is 10.2 Å². The van der Waals surface area contributed by atoms with E-state index >= 15 is 0 Å². The Balaban J connectivity index is 2.34. The number of carbonyl (C=O) groups excluding carboxylic acids is 1. The number of nitrogens with zero attached hydrogens (tertiary/aromatic N) is 2. The largest absolute Gasteiger partial charge is 0.395 e. The number of benzene rings is 2. The van der Waals surface area contributed by atoms with Crippen LogP contribution in [0.15, 0.2) is 34.1 Å². The van der Waals surface area contributed by atoms with Gasteiger partial charge in [-0.15, -0.1) is 0 Å². The van der Waals surface area contributed by atoms with Crippen LogP contribution < -0.4 is 9.44 Å². The number of aliphatic hydroxyl groups excluding tert-OH is 2. The molecule has 0 saturated heterocycles. The Morgan fingerprint density at radius 2 is 1.09 bits per heavy atom. The quantitative estimate of drug-likeness (QED) is 0.193. The second-order valence-corrected chi connectivity index (χ2v) is 10.3. The molecule has 17 heteroatoms. The van der Waals surface area contributed by atoms with Crippen molar-refractivity contribution in [3.63, 3.8) is 0 Å². The van der Waals surface area contributed by atoms with Gasteiger partial charge in [0.15, 0.2) is 5.78 Å². The number of ketones is 1. The molecule has 0 heterocycles. The van der Waals surface area contributed by atoms with Crippen LogP contribution >= 0.6 is 0 Å². The molecule has 0 unspecified atom stereocenters. The molecule has 2 aromatic rings. The molecule has 0 radical (unpaired) electrons. The fourth-order valence-corrected chi connectivity index (χ4v) is 5.49. The van der Waals surface area contributed by atoms with Gasteiger partial charge in [0.1, 0.15) is 0 Å². The molecule has 0 fully saturated rings. The molecular formula is C17H16N4O11S2. The molecule has 1 aliphatic carbocycles. The van der Waals surface area contributed by atoms with E-state index in [9.17, 15) is 41.9 Å². The molecule has 0 atom stereocenters. The number of nitro benzene ring substituents is 2. The van der Waals surface area contributed by atoms with Gasteiger partial charge in [0.05, 0.1) is 44.0 Å². The Morgan fingerprint density at radius 1 is 0.735 bits per heavy atom. The van der Waals surface area contributed by atoms with Crippen molar-refractivity contribution in [3.05, 3.63) is 55.6 Å². The van der Waals surface area contributed by atoms with Crippen molar-refractivity contribution in [1.82, 2.24) is 9.44 Å². The van der Waals surface area contributed by atoms with Crippen LogP contribution in [0.25, 0.3) is 11.1 Å². The Bertz CT molecular complexity index is 1330. The van der Waals surface area contributed by atoms with Crippen molar-refractivity contribution >= 4 is 37.2 Å². The fourth-order valence-electron chi connectivity index (χ4n) is 3.36. The molecule has 0 aromatic heterocycles. The maximum Gasteiger partial charge on any atom is 0.279 e. The van der Waals surface area contributed by atoms with Gasteiger partial charge in [-0.2, -0.15) is 0 Å². The molecule has 15 nitrogen and oxygen atoms in total. The minimum absolute atomic E-state index is 0.422. The van der Waals surface area contributed by atoms with Gasteiger partial charge < -0.3 is 10.2 Å². The van der Waals surface area contributed by atoms with Crippen molar-refractivity contribution in [3.8, 4) is 11.1 Å². The van der Waals surface area contributed by atoms with E-state index in [1.54, 1.807) is 0 Å². The first-order chi connectivity index (χ1) is 15.9. The third-order valence-electron chi connectivity index (χ3n) is 4.74. The van der Waals surface area contributed by atoms with Crippen LogP contribution in [0.4, 0.5) is 11.4 Å². The lowest BCUT2D eigenvalue weighted by Gasteiger charge is -2.09. The minimum Gasteiger partial charge on any atom is -0.395 e. The molecule has 2 aromatic carbocycles. The average Bonchev–Trinajstić information content (AvgIpc) is 3.07. The topological polar surface area (TPSA) is 236 Å². The van der Waals surface area contributed by atoms with E-state index in [0.29, 0.717) is 12.1 Å². The first-order valence-electron chi connectivity index (χ1n) is 9.26. The number of sulfonamides is 2. The zero-order valence-electron chi connectivity index (χ0n) is 16.9. The average molecular weight is 516 g/mol. The van der Waals surface area contributed by atoms with E-state index < -0.39 is 105 Å². The Hall–Kier alpha value is -3.35. The molecule has 0 spiro atoms. The van der Waals surface area contributed by atoms with Gasteiger partial charge in [-0.25, -0.2) is 26.3 Å². The smallest absolute Gasteiger partial charge is 0.279 e. The Morgan fingerprint density at radius 3 is 1.38 bits per heavy atom. The van der Waals surface area contributed by atoms with Crippen molar-refractivity contribution in [1.29, 1.82) is 0 Å². The molecular weight excluding hydrogens is 500 g/mol. The van der Waals surface area contributed by atoms with E-state index in [-0.39, 0.29) is 0 Å². The summed E-state index contributed by atoms with van der Waals surface area (Å²) in [6, 6.07) is 2.79. The molecule has 0 saturated carbocycles. The minimum atomic E-state index is -4.41. The van der Waals surface area contributed by atoms with E-state index in [1.165, 1.54) is 0 Å². The third-order valence-corrected chi connectivity index (χ3v) is 7.62. The Kier molecular flexibility index (Phi) is 6.78. The summed E-state index contributed by atoms with van der Waals surface area (Å²) >= 11 is 0. The SMILES string of the molecule is O=C1c2cc(S(=O)(=O)NCCO)cc([N+](=O)[O-])c2-c2c1cc(S(=O)(=O)NCCO)cc2[N+](=O)[O-]. The monoisotopic (exact) mass is 516 g/mol. The van der Waals surface area contributed by atoms with Gasteiger partial charge in [-0.3, -0.25) is 25.0 Å². The normalized spacial score (nSPS) is 12.9. The standard InChI is InChI=1S/C17H16N4O11S2/c22-3-1-18-33(29,30)9-5-11-15(13(7-9)20(25)26)16-12(17(11)24)6-10(8-14(16)21(27)28)34(31,32)19-2-4-23/h5-8,18-19,22-23H,1-4H2. The lowest BCUT2D eigenvalue weighted by atomic mass is 10.0. The van der Waals surface area contributed by atoms with Gasteiger partial charge >= 0.3 is 0 Å². The van der Waals surface area contributed by atoms with Crippen molar-refractivity contribution in [2.24, 2.45) is 0 Å². The summed E-state index contributed by atoms with van der Waals surface area (Å²) < 4.78 is 53.7. The molecule has 0 bridgehead atoms. The van der Waals surface area contributed by atoms with Gasteiger partial charge in [0.2, 0.25) is 20.0 Å². The Labute approximate surface area is 191 Å². The fraction of sp³-hybridized carbons (Fsp3) is 0.235. The van der Waals surface area contributed by atoms with Crippen LogP contribution in [-0.4, -0.2) is 69.0 Å². The predicted octanol–water partition coefficient (Wildman–Crippen LogP) is -0.744. The summed E-state index contributed by atoms with van der Waals surface area (Å²) in [5.74, 6) is -1.06. The number of rotatable bonds is 10. The first kappa shape index (κ1) is 25.3. The predicted molar refractivity (Wildman–Crippen MR) is 113 cm³/mol. The molecule has 4 N–H and O–H groups in total. The van der Waals surface area contributed by atoms with Crippen molar-refractivity contribution in [2.75, 3.05) is 26.3 Å². The number of nitro groups is 2. The van der Waals surface area contributed by atoms with E-state index in [2.05, 4.69) is 0 Å². The number of nitrogens with one attached hydrogen (secondary N) is 2. The summed E-state index contributed by atoms with van der Waals surface area (Å²) in [4.78, 5) is 33.1. The van der Waals surface area contributed by atoms with Crippen LogP contribution in [0, 0.1) is 20.2 Å². The highest BCUT2D eigenvalue weighted by Crippen LogP contribution is 2.48. The van der Waals surface area contributed by atoms with E-state index in [1.807, 2.05) is 9.44 Å². The second kappa shape index (κ2) is 9.12. The number of aliphatic hydroxyl groups is 2. The van der Waals surface area contributed by atoms with Gasteiger partial charge in [0.25, 0.3) is 11.4 Å². The zero-order valence-corrected chi connectivity index (χ0v) is 18.6. The number of hydrogen-bond donors (Lipinski definition) is 4. The number of fused-ring (bicyclic) bond motifs is 3. The maximum absolute atomic E-state index is 13.1. The molecule has 0 aliphatic heterocycles. The van der Waals surface area contributed by atoms with Crippen molar-refractivity contribution in [2.45, 2.75) is 9.79 Å². The van der Waals surface area contributed by atoms with Crippen LogP contribution in [0.1, 0.15) is 15.9 Å². The summed E-state index contributed by atoms with van der Waals surface area (Å²) in [5.41, 5.74) is -3.99. The van der Waals surface area contributed by atoms with Crippen LogP contribution in [0.5, 0.6) is 0 Å². The second-order valence-electron chi connectivity index (χ2n) is 6.82. The summed E-state index contributed by atoms with van der Waals surface area (Å²) in [6.07, 6.45) is 0. The lowest BCUT2D eigenvalue weighted by Crippen LogP contribution is -2.27. The number of hydrogen-bond acceptors (Lipinski definition) is 11. The summed E-state index contributed by atoms with van der Waals surface area (Å²) in [5, 5.41) is 41.2. The molecule has 3 rings (SSSR count). The first-order valence-corrected chi connectivity index (χ1v) is 12.2. The van der Waals surface area contributed by atoms with Gasteiger partial charge in [-0.05, 0) is 12.1 Å². The molecule has 34 heavy (non-hydrogen) atoms. The molecule has 0 amide bonds. The van der Waals surface area contributed by atoms with Gasteiger partial charge in [-0.1, -0.05) is 0 Å². The summed E-state index contributed by atoms with van der Waals surface area (Å²) in [6.45, 7) is -2.00. The zero-order chi connectivity index (χ0) is 25.4. The van der Waals surface area contributed by atoms with Crippen LogP contribution in [-0.2, 0) is 20.0 Å². The van der Waals surface area contributed by atoms with Crippen molar-refractivity contribution < 1.29 is 41.7 Å². The van der Waals surface area contributed by atoms with Crippen LogP contribution in [0.3, 0.4) is 0 Å². The highest BCUT2D eigenvalue weighted by Gasteiger charge is 2.41.